The summed E-state index contributed by atoms with van der Waals surface area (Å²) in [7, 11) is 0. The Morgan fingerprint density at radius 2 is 1.94 bits per heavy atom. The van der Waals surface area contributed by atoms with Crippen LogP contribution < -0.4 is 4.74 Å². The number of nitriles is 1. The van der Waals surface area contributed by atoms with Crippen LogP contribution >= 0.6 is 15.9 Å². The molecule has 0 unspecified atom stereocenters. The van der Waals surface area contributed by atoms with Gasteiger partial charge >= 0.3 is 0 Å². The lowest BCUT2D eigenvalue weighted by atomic mass is 10.1. The molecule has 0 bridgehead atoms. The van der Waals surface area contributed by atoms with Gasteiger partial charge < -0.3 is 4.74 Å². The van der Waals surface area contributed by atoms with Crippen molar-refractivity contribution < 1.29 is 4.74 Å². The van der Waals surface area contributed by atoms with E-state index in [1.54, 1.807) is 18.2 Å². The molecule has 0 spiro atoms. The highest BCUT2D eigenvalue weighted by atomic mass is 79.9. The van der Waals surface area contributed by atoms with E-state index in [0.717, 1.165) is 28.0 Å². The molecule has 2 nitrogen and oxygen atoms in total. The molecule has 0 saturated heterocycles. The molecule has 0 amide bonds. The molecule has 0 fully saturated rings. The maximum absolute atomic E-state index is 8.81. The number of para-hydroxylation sites is 1. The second-order valence-electron chi connectivity index (χ2n) is 3.82. The van der Waals surface area contributed by atoms with Crippen molar-refractivity contribution in [2.75, 3.05) is 0 Å². The molecular weight excluding hydrogens is 290 g/mol. The maximum atomic E-state index is 8.81. The van der Waals surface area contributed by atoms with Gasteiger partial charge in [0.05, 0.1) is 16.1 Å². The van der Waals surface area contributed by atoms with Gasteiger partial charge in [0.1, 0.15) is 11.5 Å². The summed E-state index contributed by atoms with van der Waals surface area (Å²) in [4.78, 5) is 0. The number of aryl methyl sites for hydroxylation is 1. The molecule has 0 heterocycles. The Kier molecular flexibility index (Phi) is 4.01. The summed E-state index contributed by atoms with van der Waals surface area (Å²) < 4.78 is 6.66. The first kappa shape index (κ1) is 12.7. The highest BCUT2D eigenvalue weighted by molar-refractivity contribution is 9.10. The maximum Gasteiger partial charge on any atom is 0.141 e. The van der Waals surface area contributed by atoms with E-state index in [4.69, 9.17) is 10.00 Å². The molecule has 0 aromatic heterocycles. The van der Waals surface area contributed by atoms with E-state index in [1.807, 2.05) is 24.3 Å². The highest BCUT2D eigenvalue weighted by Gasteiger charge is 2.06. The first-order valence-electron chi connectivity index (χ1n) is 5.70. The van der Waals surface area contributed by atoms with Gasteiger partial charge in [0.25, 0.3) is 0 Å². The molecule has 0 atom stereocenters. The van der Waals surface area contributed by atoms with Gasteiger partial charge in [-0.2, -0.15) is 5.26 Å². The SMILES string of the molecule is CCc1ccccc1Oc1ccc(C#N)cc1Br. The fourth-order valence-electron chi connectivity index (χ4n) is 1.67. The van der Waals surface area contributed by atoms with Gasteiger partial charge in [0.15, 0.2) is 0 Å². The molecule has 2 rings (SSSR count). The zero-order valence-corrected chi connectivity index (χ0v) is 11.6. The third kappa shape index (κ3) is 2.72. The lowest BCUT2D eigenvalue weighted by Gasteiger charge is -2.11. The minimum Gasteiger partial charge on any atom is -0.456 e. The number of halogens is 1. The second kappa shape index (κ2) is 5.70. The largest absolute Gasteiger partial charge is 0.456 e. The van der Waals surface area contributed by atoms with Gasteiger partial charge in [-0.3, -0.25) is 0 Å². The van der Waals surface area contributed by atoms with Crippen LogP contribution in [0.4, 0.5) is 0 Å². The molecule has 0 N–H and O–H groups in total. The predicted molar refractivity (Wildman–Crippen MR) is 74.8 cm³/mol. The van der Waals surface area contributed by atoms with E-state index >= 15 is 0 Å². The molecule has 0 radical (unpaired) electrons. The van der Waals surface area contributed by atoms with Gasteiger partial charge in [0.2, 0.25) is 0 Å². The van der Waals surface area contributed by atoms with Crippen molar-refractivity contribution in [3.05, 3.63) is 58.1 Å². The lowest BCUT2D eigenvalue weighted by Crippen LogP contribution is -1.91. The van der Waals surface area contributed by atoms with Crippen molar-refractivity contribution in [2.24, 2.45) is 0 Å². The topological polar surface area (TPSA) is 33.0 Å². The van der Waals surface area contributed by atoms with Crippen LogP contribution in [0.1, 0.15) is 18.1 Å². The molecule has 3 heteroatoms. The van der Waals surface area contributed by atoms with E-state index in [1.165, 1.54) is 0 Å². The van der Waals surface area contributed by atoms with E-state index < -0.39 is 0 Å². The lowest BCUT2D eigenvalue weighted by molar-refractivity contribution is 0.474. The Bertz CT molecular complexity index is 602. The van der Waals surface area contributed by atoms with Crippen LogP contribution in [0.2, 0.25) is 0 Å². The van der Waals surface area contributed by atoms with Gasteiger partial charge in [-0.25, -0.2) is 0 Å². The monoisotopic (exact) mass is 301 g/mol. The minimum atomic E-state index is 0.609. The standard InChI is InChI=1S/C15H12BrNO/c1-2-12-5-3-4-6-14(12)18-15-8-7-11(10-17)9-13(15)16/h3-9H,2H2,1H3. The quantitative estimate of drug-likeness (QED) is 0.825. The third-order valence-corrected chi connectivity index (χ3v) is 3.25. The second-order valence-corrected chi connectivity index (χ2v) is 4.67. The highest BCUT2D eigenvalue weighted by Crippen LogP contribution is 2.32. The van der Waals surface area contributed by atoms with Crippen LogP contribution in [-0.2, 0) is 6.42 Å². The number of nitrogens with zero attached hydrogens (tertiary/aromatic N) is 1. The van der Waals surface area contributed by atoms with Gasteiger partial charge in [-0.1, -0.05) is 25.1 Å². The number of hydrogen-bond donors (Lipinski definition) is 0. The third-order valence-electron chi connectivity index (χ3n) is 2.63. The summed E-state index contributed by atoms with van der Waals surface area (Å²) in [5, 5.41) is 8.81. The fourth-order valence-corrected chi connectivity index (χ4v) is 2.13. The molecule has 2 aromatic carbocycles. The smallest absolute Gasteiger partial charge is 0.141 e. The van der Waals surface area contributed by atoms with Crippen LogP contribution in [0.3, 0.4) is 0 Å². The zero-order chi connectivity index (χ0) is 13.0. The van der Waals surface area contributed by atoms with Crippen molar-refractivity contribution >= 4 is 15.9 Å². The van der Waals surface area contributed by atoms with Gasteiger partial charge in [0, 0.05) is 0 Å². The Hall–Kier alpha value is -1.79. The van der Waals surface area contributed by atoms with Gasteiger partial charge in [-0.15, -0.1) is 0 Å². The Morgan fingerprint density at radius 3 is 2.61 bits per heavy atom. The first-order chi connectivity index (χ1) is 8.74. The van der Waals surface area contributed by atoms with Crippen LogP contribution in [-0.4, -0.2) is 0 Å². The number of ether oxygens (including phenoxy) is 1. The predicted octanol–water partition coefficient (Wildman–Crippen LogP) is 4.68. The van der Waals surface area contributed by atoms with Crippen LogP contribution in [0, 0.1) is 11.3 Å². The van der Waals surface area contributed by atoms with Crippen LogP contribution in [0.25, 0.3) is 0 Å². The average molecular weight is 302 g/mol. The summed E-state index contributed by atoms with van der Waals surface area (Å²) in [6.07, 6.45) is 0.921. The van der Waals surface area contributed by atoms with E-state index in [0.29, 0.717) is 5.56 Å². The Morgan fingerprint density at radius 1 is 1.17 bits per heavy atom. The summed E-state index contributed by atoms with van der Waals surface area (Å²) in [5.41, 5.74) is 1.77. The van der Waals surface area contributed by atoms with E-state index in [2.05, 4.69) is 28.9 Å². The number of rotatable bonds is 3. The van der Waals surface area contributed by atoms with Crippen molar-refractivity contribution in [3.8, 4) is 17.6 Å². The summed E-state index contributed by atoms with van der Waals surface area (Å²) in [6.45, 7) is 2.09. The molecule has 0 saturated carbocycles. The molecule has 90 valence electrons. The summed E-state index contributed by atoms with van der Waals surface area (Å²) >= 11 is 3.42. The molecular formula is C15H12BrNO. The normalized spacial score (nSPS) is 9.83. The number of hydrogen-bond acceptors (Lipinski definition) is 2. The van der Waals surface area contributed by atoms with Crippen molar-refractivity contribution in [2.45, 2.75) is 13.3 Å². The van der Waals surface area contributed by atoms with E-state index in [-0.39, 0.29) is 0 Å². The fraction of sp³-hybridized carbons (Fsp3) is 0.133. The van der Waals surface area contributed by atoms with Crippen LogP contribution in [0.5, 0.6) is 11.5 Å². The van der Waals surface area contributed by atoms with Crippen molar-refractivity contribution in [1.82, 2.24) is 0 Å². The first-order valence-corrected chi connectivity index (χ1v) is 6.49. The van der Waals surface area contributed by atoms with Crippen LogP contribution in [0.15, 0.2) is 46.9 Å². The van der Waals surface area contributed by atoms with E-state index in [9.17, 15) is 0 Å². The Balaban J connectivity index is 2.32. The average Bonchev–Trinajstić information content (AvgIpc) is 2.41. The molecule has 0 aliphatic carbocycles. The zero-order valence-electron chi connectivity index (χ0n) is 9.98. The molecule has 0 aliphatic rings. The summed E-state index contributed by atoms with van der Waals surface area (Å²) in [6, 6.07) is 15.3. The minimum absolute atomic E-state index is 0.609. The van der Waals surface area contributed by atoms with Crippen molar-refractivity contribution in [1.29, 1.82) is 5.26 Å². The molecule has 18 heavy (non-hydrogen) atoms. The number of benzene rings is 2. The summed E-state index contributed by atoms with van der Waals surface area (Å²) in [5.74, 6) is 1.57. The Labute approximate surface area is 115 Å². The molecule has 0 aliphatic heterocycles. The molecule has 2 aromatic rings. The van der Waals surface area contributed by atoms with Crippen molar-refractivity contribution in [3.63, 3.8) is 0 Å². The van der Waals surface area contributed by atoms with Gasteiger partial charge in [-0.05, 0) is 52.2 Å².